The van der Waals surface area contributed by atoms with Gasteiger partial charge in [0.15, 0.2) is 4.77 Å². The molecule has 0 aliphatic rings. The van der Waals surface area contributed by atoms with Crippen molar-refractivity contribution in [1.82, 2.24) is 9.55 Å². The molecule has 0 amide bonds. The van der Waals surface area contributed by atoms with Crippen LogP contribution >= 0.6 is 28.1 Å². The molecule has 5 heteroatoms. The van der Waals surface area contributed by atoms with Crippen LogP contribution in [0.1, 0.15) is 12.5 Å². The predicted molar refractivity (Wildman–Crippen MR) is 71.5 cm³/mol. The van der Waals surface area contributed by atoms with Gasteiger partial charge in [-0.05, 0) is 43.8 Å². The lowest BCUT2D eigenvalue weighted by molar-refractivity contribution is 0.704. The highest BCUT2D eigenvalue weighted by Crippen LogP contribution is 2.19. The Morgan fingerprint density at radius 3 is 2.81 bits per heavy atom. The maximum Gasteiger partial charge on any atom is 0.262 e. The van der Waals surface area contributed by atoms with Gasteiger partial charge in [-0.3, -0.25) is 9.36 Å². The van der Waals surface area contributed by atoms with Gasteiger partial charge >= 0.3 is 0 Å². The van der Waals surface area contributed by atoms with Crippen molar-refractivity contribution in [2.75, 3.05) is 0 Å². The fourth-order valence-electron chi connectivity index (χ4n) is 1.78. The van der Waals surface area contributed by atoms with E-state index >= 15 is 0 Å². The number of halogens is 1. The number of aromatic nitrogens is 2. The number of hydrogen-bond acceptors (Lipinski definition) is 2. The van der Waals surface area contributed by atoms with Crippen LogP contribution in [0, 0.1) is 11.7 Å². The van der Waals surface area contributed by atoms with Gasteiger partial charge in [-0.1, -0.05) is 15.9 Å². The molecule has 0 radical (unpaired) electrons. The molecule has 2 rings (SSSR count). The minimum atomic E-state index is -0.0364. The number of aryl methyl sites for hydroxylation is 1. The zero-order valence-corrected chi connectivity index (χ0v) is 11.4. The summed E-state index contributed by atoms with van der Waals surface area (Å²) in [6.45, 7) is 4.44. The summed E-state index contributed by atoms with van der Waals surface area (Å²) >= 11 is 8.55. The molecule has 1 aromatic heterocycles. The summed E-state index contributed by atoms with van der Waals surface area (Å²) in [6.07, 6.45) is 0. The molecule has 1 aromatic carbocycles. The van der Waals surface area contributed by atoms with Crippen LogP contribution in [0.5, 0.6) is 0 Å². The summed E-state index contributed by atoms with van der Waals surface area (Å²) in [5, 5.41) is 0.669. The zero-order valence-electron chi connectivity index (χ0n) is 9.00. The van der Waals surface area contributed by atoms with Gasteiger partial charge in [-0.2, -0.15) is 0 Å². The van der Waals surface area contributed by atoms with Crippen molar-refractivity contribution in [3.63, 3.8) is 0 Å². The van der Waals surface area contributed by atoms with Crippen LogP contribution in [-0.2, 0) is 6.54 Å². The number of aromatic amines is 1. The van der Waals surface area contributed by atoms with E-state index in [4.69, 9.17) is 12.2 Å². The fraction of sp³-hybridized carbons (Fsp3) is 0.273. The molecule has 0 bridgehead atoms. The summed E-state index contributed by atoms with van der Waals surface area (Å²) in [5.74, 6) is 0. The second-order valence-electron chi connectivity index (χ2n) is 3.62. The molecule has 0 fully saturated rings. The van der Waals surface area contributed by atoms with Crippen molar-refractivity contribution < 1.29 is 0 Å². The minimum absolute atomic E-state index is 0.0364. The lowest BCUT2D eigenvalue weighted by Gasteiger charge is -2.07. The van der Waals surface area contributed by atoms with Crippen molar-refractivity contribution >= 4 is 39.1 Å². The smallest absolute Gasteiger partial charge is 0.262 e. The number of rotatable bonds is 1. The summed E-state index contributed by atoms with van der Waals surface area (Å²) in [6, 6.07) is 3.78. The van der Waals surface area contributed by atoms with Crippen LogP contribution < -0.4 is 5.56 Å². The lowest BCUT2D eigenvalue weighted by Crippen LogP contribution is -2.21. The van der Waals surface area contributed by atoms with E-state index in [0.717, 1.165) is 15.6 Å². The van der Waals surface area contributed by atoms with E-state index in [0.29, 0.717) is 16.7 Å². The van der Waals surface area contributed by atoms with Crippen LogP contribution in [0.2, 0.25) is 0 Å². The third-order valence-electron chi connectivity index (χ3n) is 2.57. The summed E-state index contributed by atoms with van der Waals surface area (Å²) in [7, 11) is 0. The molecule has 0 saturated carbocycles. The Morgan fingerprint density at radius 1 is 1.50 bits per heavy atom. The van der Waals surface area contributed by atoms with Crippen molar-refractivity contribution in [2.24, 2.45) is 0 Å². The van der Waals surface area contributed by atoms with E-state index in [2.05, 4.69) is 20.9 Å². The average Bonchev–Trinajstić information content (AvgIpc) is 2.21. The first kappa shape index (κ1) is 11.5. The maximum absolute atomic E-state index is 12.1. The van der Waals surface area contributed by atoms with Gasteiger partial charge in [0.1, 0.15) is 0 Å². The Balaban J connectivity index is 3.05. The Kier molecular flexibility index (Phi) is 2.99. The molecule has 0 unspecified atom stereocenters. The molecular weight excluding hydrogens is 288 g/mol. The largest absolute Gasteiger partial charge is 0.331 e. The quantitative estimate of drug-likeness (QED) is 0.821. The summed E-state index contributed by atoms with van der Waals surface area (Å²) in [5.41, 5.74) is 1.80. The number of nitrogens with zero attached hydrogens (tertiary/aromatic N) is 1. The average molecular weight is 299 g/mol. The first-order valence-corrected chi connectivity index (χ1v) is 6.17. The number of hydrogen-bond donors (Lipinski definition) is 1. The maximum atomic E-state index is 12.1. The third kappa shape index (κ3) is 1.74. The van der Waals surface area contributed by atoms with Gasteiger partial charge in [0, 0.05) is 11.0 Å². The highest BCUT2D eigenvalue weighted by Gasteiger charge is 2.07. The van der Waals surface area contributed by atoms with E-state index in [1.54, 1.807) is 4.57 Å². The fourth-order valence-corrected chi connectivity index (χ4v) is 2.66. The lowest BCUT2D eigenvalue weighted by atomic mass is 10.1. The van der Waals surface area contributed by atoms with Crippen LogP contribution in [0.15, 0.2) is 21.4 Å². The van der Waals surface area contributed by atoms with Gasteiger partial charge in [-0.25, -0.2) is 0 Å². The molecule has 0 aliphatic carbocycles. The van der Waals surface area contributed by atoms with Crippen molar-refractivity contribution in [3.8, 4) is 0 Å². The molecule has 3 nitrogen and oxygen atoms in total. The normalized spacial score (nSPS) is 10.9. The van der Waals surface area contributed by atoms with Crippen molar-refractivity contribution in [2.45, 2.75) is 20.4 Å². The number of nitrogens with one attached hydrogen (secondary N) is 1. The molecule has 0 saturated heterocycles. The Labute approximate surface area is 106 Å². The summed E-state index contributed by atoms with van der Waals surface area (Å²) < 4.78 is 2.94. The van der Waals surface area contributed by atoms with E-state index < -0.39 is 0 Å². The second-order valence-corrected chi connectivity index (χ2v) is 4.93. The van der Waals surface area contributed by atoms with Crippen LogP contribution in [0.4, 0.5) is 0 Å². The monoisotopic (exact) mass is 298 g/mol. The molecule has 0 atom stereocenters. The third-order valence-corrected chi connectivity index (χ3v) is 3.35. The number of H-pyrrole nitrogens is 1. The van der Waals surface area contributed by atoms with Crippen molar-refractivity contribution in [1.29, 1.82) is 0 Å². The van der Waals surface area contributed by atoms with Gasteiger partial charge in [0.2, 0.25) is 0 Å². The Bertz CT molecular complexity index is 672. The summed E-state index contributed by atoms with van der Waals surface area (Å²) in [4.78, 5) is 15.2. The molecule has 0 spiro atoms. The molecular formula is C11H11BrN2OS. The van der Waals surface area contributed by atoms with Gasteiger partial charge in [0.05, 0.1) is 10.9 Å². The first-order chi connectivity index (χ1) is 7.54. The van der Waals surface area contributed by atoms with Crippen LogP contribution in [0.25, 0.3) is 10.9 Å². The minimum Gasteiger partial charge on any atom is -0.331 e. The van der Waals surface area contributed by atoms with E-state index in [1.807, 2.05) is 26.0 Å². The molecule has 1 N–H and O–H groups in total. The van der Waals surface area contributed by atoms with Crippen molar-refractivity contribution in [3.05, 3.63) is 37.3 Å². The Hall–Kier alpha value is -0.940. The van der Waals surface area contributed by atoms with Gasteiger partial charge in [0.25, 0.3) is 5.56 Å². The molecule has 16 heavy (non-hydrogen) atoms. The van der Waals surface area contributed by atoms with E-state index in [1.165, 1.54) is 0 Å². The van der Waals surface area contributed by atoms with Gasteiger partial charge < -0.3 is 4.98 Å². The van der Waals surface area contributed by atoms with E-state index in [-0.39, 0.29) is 5.56 Å². The molecule has 1 heterocycles. The molecule has 0 aliphatic heterocycles. The van der Waals surface area contributed by atoms with Crippen LogP contribution in [-0.4, -0.2) is 9.55 Å². The topological polar surface area (TPSA) is 37.8 Å². The number of benzene rings is 1. The zero-order chi connectivity index (χ0) is 11.9. The van der Waals surface area contributed by atoms with Gasteiger partial charge in [-0.15, -0.1) is 0 Å². The SMILES string of the molecule is CCn1c(=S)[nH]c2c(C)cc(Br)cc2c1=O. The molecule has 84 valence electrons. The highest BCUT2D eigenvalue weighted by molar-refractivity contribution is 9.10. The second kappa shape index (κ2) is 4.14. The molecule has 2 aromatic rings. The van der Waals surface area contributed by atoms with Crippen LogP contribution in [0.3, 0.4) is 0 Å². The van der Waals surface area contributed by atoms with E-state index in [9.17, 15) is 4.79 Å². The highest BCUT2D eigenvalue weighted by atomic mass is 79.9. The Morgan fingerprint density at radius 2 is 2.19 bits per heavy atom. The number of fused-ring (bicyclic) bond motifs is 1. The standard InChI is InChI=1S/C11H11BrN2OS/c1-3-14-10(15)8-5-7(12)4-6(2)9(8)13-11(14)16/h4-5H,3H2,1-2H3,(H,13,16). The predicted octanol–water partition coefficient (Wildman–Crippen LogP) is 3.15. The first-order valence-electron chi connectivity index (χ1n) is 4.97.